The van der Waals surface area contributed by atoms with Crippen molar-refractivity contribution >= 4 is 17.7 Å². The molecule has 1 aliphatic heterocycles. The Morgan fingerprint density at radius 1 is 1.48 bits per heavy atom. The minimum Gasteiger partial charge on any atom is -0.481 e. The fraction of sp³-hybridized carbons (Fsp3) is 0.438. The first kappa shape index (κ1) is 18.6. The van der Waals surface area contributed by atoms with Crippen LogP contribution < -0.4 is 11.1 Å². The maximum atomic E-state index is 12.2. The number of rotatable bonds is 5. The van der Waals surface area contributed by atoms with Crippen LogP contribution in [0.25, 0.3) is 0 Å². The second kappa shape index (κ2) is 8.89. The first-order chi connectivity index (χ1) is 10.8. The van der Waals surface area contributed by atoms with Gasteiger partial charge in [0.2, 0.25) is 0 Å². The predicted octanol–water partition coefficient (Wildman–Crippen LogP) is 0.196. The summed E-state index contributed by atoms with van der Waals surface area (Å²) in [5.41, 5.74) is 6.59. The number of hydrogen-bond donors (Lipinski definition) is 3. The van der Waals surface area contributed by atoms with Crippen LogP contribution >= 0.6 is 0 Å². The van der Waals surface area contributed by atoms with Crippen molar-refractivity contribution in [2.45, 2.75) is 25.8 Å². The lowest BCUT2D eigenvalue weighted by Crippen LogP contribution is -2.33. The Morgan fingerprint density at radius 2 is 2.17 bits per heavy atom. The number of Topliss-reactive ketones (excluding diaryl/α,β-unsaturated/α-hetero) is 1. The van der Waals surface area contributed by atoms with Crippen LogP contribution in [0.4, 0.5) is 0 Å². The molecule has 0 aromatic heterocycles. The van der Waals surface area contributed by atoms with Gasteiger partial charge < -0.3 is 21.1 Å². The van der Waals surface area contributed by atoms with Crippen molar-refractivity contribution in [3.05, 3.63) is 35.6 Å². The van der Waals surface area contributed by atoms with Crippen LogP contribution in [0.1, 0.15) is 19.8 Å². The highest BCUT2D eigenvalue weighted by atomic mass is 16.4. The molecule has 1 unspecified atom stereocenters. The molecule has 0 saturated heterocycles. The van der Waals surface area contributed by atoms with Gasteiger partial charge in [0.25, 0.3) is 5.91 Å². The van der Waals surface area contributed by atoms with Crippen LogP contribution in [0.3, 0.4) is 0 Å². The minimum absolute atomic E-state index is 0.0130. The van der Waals surface area contributed by atoms with E-state index in [4.69, 9.17) is 10.8 Å². The number of nitrogens with one attached hydrogen (secondary N) is 1. The standard InChI is InChI=1S/C16H23N3O4/c1-11-8-12(9-17)4-3-5-14(20)13(10-19(11)2)16(23)18-7-6-15(21)22/h3-4,8,10-11H,5-7,9,17H2,1-2H3,(H,18,23)(H,21,22)/b4-3-,12-8+,13-10+. The van der Waals surface area contributed by atoms with Gasteiger partial charge in [-0.3, -0.25) is 14.4 Å². The molecule has 1 rings (SSSR count). The highest BCUT2D eigenvalue weighted by Gasteiger charge is 2.19. The van der Waals surface area contributed by atoms with Crippen LogP contribution in [0.5, 0.6) is 0 Å². The van der Waals surface area contributed by atoms with Crippen LogP contribution in [-0.2, 0) is 14.4 Å². The maximum absolute atomic E-state index is 12.2. The van der Waals surface area contributed by atoms with Gasteiger partial charge in [0, 0.05) is 38.8 Å². The van der Waals surface area contributed by atoms with E-state index in [1.807, 2.05) is 13.0 Å². The number of nitrogens with two attached hydrogens (primary N) is 1. The number of allylic oxidation sites excluding steroid dienone is 1. The normalized spacial score (nSPS) is 24.9. The van der Waals surface area contributed by atoms with Gasteiger partial charge in [-0.05, 0) is 12.5 Å². The summed E-state index contributed by atoms with van der Waals surface area (Å²) in [5, 5.41) is 11.1. The van der Waals surface area contributed by atoms with Gasteiger partial charge in [-0.1, -0.05) is 18.2 Å². The van der Waals surface area contributed by atoms with Gasteiger partial charge in [-0.2, -0.15) is 0 Å². The molecule has 0 spiro atoms. The van der Waals surface area contributed by atoms with Crippen molar-refractivity contribution in [2.24, 2.45) is 5.73 Å². The number of carboxylic acids is 1. The fourth-order valence-corrected chi connectivity index (χ4v) is 2.00. The zero-order chi connectivity index (χ0) is 17.4. The molecular weight excluding hydrogens is 298 g/mol. The van der Waals surface area contributed by atoms with Crippen LogP contribution in [0.15, 0.2) is 35.6 Å². The molecule has 0 bridgehead atoms. The first-order valence-electron chi connectivity index (χ1n) is 7.39. The molecular formula is C16H23N3O4. The smallest absolute Gasteiger partial charge is 0.305 e. The second-order valence-electron chi connectivity index (χ2n) is 5.32. The Bertz CT molecular complexity index is 564. The van der Waals surface area contributed by atoms with Crippen LogP contribution in [-0.4, -0.2) is 53.8 Å². The number of carbonyl (C=O) groups is 3. The third-order valence-corrected chi connectivity index (χ3v) is 3.47. The molecule has 126 valence electrons. The molecule has 0 aromatic rings. The predicted molar refractivity (Wildman–Crippen MR) is 86.5 cm³/mol. The summed E-state index contributed by atoms with van der Waals surface area (Å²) in [6.07, 6.45) is 6.81. The molecule has 1 heterocycles. The SMILES string of the molecule is CC1/C=C(CN)\C=C/CC(=O)/C(C(=O)NCCC(=O)O)=C\N1C. The number of carbonyl (C=O) groups excluding carboxylic acids is 2. The Morgan fingerprint density at radius 3 is 2.78 bits per heavy atom. The third kappa shape index (κ3) is 6.07. The quantitative estimate of drug-likeness (QED) is 0.623. The van der Waals surface area contributed by atoms with Crippen molar-refractivity contribution in [2.75, 3.05) is 20.1 Å². The van der Waals surface area contributed by atoms with Gasteiger partial charge in [0.05, 0.1) is 12.0 Å². The van der Waals surface area contributed by atoms with Gasteiger partial charge in [-0.25, -0.2) is 0 Å². The van der Waals surface area contributed by atoms with E-state index in [0.717, 1.165) is 5.57 Å². The number of aliphatic carboxylic acids is 1. The summed E-state index contributed by atoms with van der Waals surface area (Å²) in [6, 6.07) is -0.0501. The Hall–Kier alpha value is -2.41. The van der Waals surface area contributed by atoms with Gasteiger partial charge in [-0.15, -0.1) is 0 Å². The number of amides is 1. The lowest BCUT2D eigenvalue weighted by Gasteiger charge is -2.23. The van der Waals surface area contributed by atoms with Crippen LogP contribution in [0.2, 0.25) is 0 Å². The van der Waals surface area contributed by atoms with Crippen molar-refractivity contribution in [3.63, 3.8) is 0 Å². The number of ketones is 1. The highest BCUT2D eigenvalue weighted by molar-refractivity contribution is 6.19. The molecule has 0 fully saturated rings. The monoisotopic (exact) mass is 321 g/mol. The molecule has 0 aliphatic carbocycles. The van der Waals surface area contributed by atoms with E-state index in [-0.39, 0.29) is 36.8 Å². The van der Waals surface area contributed by atoms with Crippen molar-refractivity contribution in [3.8, 4) is 0 Å². The summed E-state index contributed by atoms with van der Waals surface area (Å²) in [7, 11) is 1.76. The average molecular weight is 321 g/mol. The molecule has 1 amide bonds. The fourth-order valence-electron chi connectivity index (χ4n) is 2.00. The highest BCUT2D eigenvalue weighted by Crippen LogP contribution is 2.11. The second-order valence-corrected chi connectivity index (χ2v) is 5.32. The molecule has 7 heteroatoms. The summed E-state index contributed by atoms with van der Waals surface area (Å²) in [5.74, 6) is -1.90. The first-order valence-corrected chi connectivity index (χ1v) is 7.39. The summed E-state index contributed by atoms with van der Waals surface area (Å²) >= 11 is 0. The molecule has 7 nitrogen and oxygen atoms in total. The topological polar surface area (TPSA) is 113 Å². The Balaban J connectivity index is 2.96. The molecule has 23 heavy (non-hydrogen) atoms. The van der Waals surface area contributed by atoms with E-state index in [0.29, 0.717) is 6.54 Å². The number of hydrogen-bond acceptors (Lipinski definition) is 5. The summed E-state index contributed by atoms with van der Waals surface area (Å²) in [4.78, 5) is 36.6. The minimum atomic E-state index is -1.01. The number of carboxylic acid groups (broad SMARTS) is 1. The van der Waals surface area contributed by atoms with Crippen molar-refractivity contribution < 1.29 is 19.5 Å². The zero-order valence-corrected chi connectivity index (χ0v) is 13.4. The lowest BCUT2D eigenvalue weighted by molar-refractivity contribution is -0.136. The van der Waals surface area contributed by atoms with Crippen LogP contribution in [0, 0.1) is 0 Å². The van der Waals surface area contributed by atoms with E-state index < -0.39 is 11.9 Å². The Kier molecular flexibility index (Phi) is 7.21. The lowest BCUT2D eigenvalue weighted by atomic mass is 10.0. The summed E-state index contributed by atoms with van der Waals surface area (Å²) in [6.45, 7) is 2.27. The summed E-state index contributed by atoms with van der Waals surface area (Å²) < 4.78 is 0. The molecule has 4 N–H and O–H groups in total. The van der Waals surface area contributed by atoms with Crippen molar-refractivity contribution in [1.82, 2.24) is 10.2 Å². The Labute approximate surface area is 135 Å². The molecule has 0 saturated carbocycles. The molecule has 0 radical (unpaired) electrons. The van der Waals surface area contributed by atoms with Crippen molar-refractivity contribution in [1.29, 1.82) is 0 Å². The molecule has 1 aliphatic rings. The van der Waals surface area contributed by atoms with E-state index in [9.17, 15) is 14.4 Å². The number of likely N-dealkylation sites (N-methyl/N-ethyl adjacent to an activating group) is 1. The van der Waals surface area contributed by atoms with E-state index in [1.54, 1.807) is 24.1 Å². The molecule has 1 atom stereocenters. The van der Waals surface area contributed by atoms with Gasteiger partial charge >= 0.3 is 5.97 Å². The average Bonchev–Trinajstić information content (AvgIpc) is 2.49. The zero-order valence-electron chi connectivity index (χ0n) is 13.4. The van der Waals surface area contributed by atoms with E-state index in [2.05, 4.69) is 5.32 Å². The largest absolute Gasteiger partial charge is 0.481 e. The van der Waals surface area contributed by atoms with E-state index in [1.165, 1.54) is 6.20 Å². The number of nitrogens with zero attached hydrogens (tertiary/aromatic N) is 1. The van der Waals surface area contributed by atoms with Gasteiger partial charge in [0.1, 0.15) is 0 Å². The maximum Gasteiger partial charge on any atom is 0.305 e. The van der Waals surface area contributed by atoms with Gasteiger partial charge in [0.15, 0.2) is 5.78 Å². The third-order valence-electron chi connectivity index (χ3n) is 3.47. The van der Waals surface area contributed by atoms with E-state index >= 15 is 0 Å². The molecule has 0 aromatic carbocycles.